The molecule has 0 aliphatic carbocycles. The fraction of sp³-hybridized carbons (Fsp3) is 0.375. The monoisotopic (exact) mass is 331 g/mol. The van der Waals surface area contributed by atoms with E-state index in [-0.39, 0.29) is 0 Å². The van der Waals surface area contributed by atoms with E-state index in [0.29, 0.717) is 5.92 Å². The van der Waals surface area contributed by atoms with E-state index in [0.717, 1.165) is 29.8 Å². The fourth-order valence-corrected chi connectivity index (χ4v) is 3.08. The second-order valence-corrected chi connectivity index (χ2v) is 6.43. The largest absolute Gasteiger partial charge is 0.307 e. The average molecular weight is 332 g/mol. The highest BCUT2D eigenvalue weighted by Crippen LogP contribution is 2.24. The smallest absolute Gasteiger partial charge is 0.133 e. The molecule has 4 heteroatoms. The number of hydrogen-bond donors (Lipinski definition) is 1. The molecular weight excluding hydrogens is 314 g/mol. The lowest BCUT2D eigenvalue weighted by molar-refractivity contribution is 0.745. The van der Waals surface area contributed by atoms with Crippen molar-refractivity contribution in [2.45, 2.75) is 39.3 Å². The van der Waals surface area contributed by atoms with E-state index in [1.165, 1.54) is 22.5 Å². The van der Waals surface area contributed by atoms with Gasteiger partial charge in [-0.05, 0) is 23.6 Å². The molecule has 1 aromatic carbocycles. The predicted molar refractivity (Wildman–Crippen MR) is 83.6 cm³/mol. The molecule has 2 heterocycles. The zero-order valence-electron chi connectivity index (χ0n) is 11.8. The molecule has 3 nitrogen and oxygen atoms in total. The van der Waals surface area contributed by atoms with Crippen LogP contribution in [0.3, 0.4) is 0 Å². The van der Waals surface area contributed by atoms with Crippen molar-refractivity contribution in [3.63, 3.8) is 0 Å². The van der Waals surface area contributed by atoms with Crippen LogP contribution in [0.1, 0.15) is 48.1 Å². The van der Waals surface area contributed by atoms with Crippen LogP contribution in [0.4, 0.5) is 0 Å². The van der Waals surface area contributed by atoms with Crippen molar-refractivity contribution in [1.82, 2.24) is 15.3 Å². The minimum atomic E-state index is 0.438. The van der Waals surface area contributed by atoms with Crippen molar-refractivity contribution in [2.24, 2.45) is 0 Å². The van der Waals surface area contributed by atoms with Crippen LogP contribution >= 0.6 is 15.9 Å². The number of fused-ring (bicyclic) bond motifs is 1. The third-order valence-electron chi connectivity index (χ3n) is 3.56. The molecular formula is C16H18BrN3. The van der Waals surface area contributed by atoms with Gasteiger partial charge in [-0.3, -0.25) is 0 Å². The highest BCUT2D eigenvalue weighted by molar-refractivity contribution is 9.10. The van der Waals surface area contributed by atoms with Crippen LogP contribution in [0.25, 0.3) is 0 Å². The Bertz CT molecular complexity index is 638. The molecule has 104 valence electrons. The van der Waals surface area contributed by atoms with E-state index in [2.05, 4.69) is 53.3 Å². The second-order valence-electron chi connectivity index (χ2n) is 5.52. The third-order valence-corrected chi connectivity index (χ3v) is 4.06. The summed E-state index contributed by atoms with van der Waals surface area (Å²) in [6.07, 6.45) is 0.784. The summed E-state index contributed by atoms with van der Waals surface area (Å²) in [5, 5.41) is 3.37. The standard InChI is InChI=1S/C16H18BrN3/c1-10(2)16-13-8-18-9-14(13)19-15(20-16)7-11-4-3-5-12(17)6-11/h3-6,10,18H,7-9H2,1-2H3. The van der Waals surface area contributed by atoms with Gasteiger partial charge in [0.05, 0.1) is 11.4 Å². The van der Waals surface area contributed by atoms with Gasteiger partial charge >= 0.3 is 0 Å². The molecule has 0 saturated heterocycles. The van der Waals surface area contributed by atoms with E-state index in [4.69, 9.17) is 9.97 Å². The molecule has 1 aliphatic heterocycles. The Morgan fingerprint density at radius 3 is 2.85 bits per heavy atom. The van der Waals surface area contributed by atoms with Crippen LogP contribution in [0.15, 0.2) is 28.7 Å². The Balaban J connectivity index is 1.96. The SMILES string of the molecule is CC(C)c1nc(Cc2cccc(Br)c2)nc2c1CNC2. The van der Waals surface area contributed by atoms with Gasteiger partial charge in [-0.1, -0.05) is 41.9 Å². The predicted octanol–water partition coefficient (Wildman–Crippen LogP) is 3.56. The first-order chi connectivity index (χ1) is 9.63. The molecule has 2 aromatic rings. The summed E-state index contributed by atoms with van der Waals surface area (Å²) in [5.41, 5.74) is 4.91. The fourth-order valence-electron chi connectivity index (χ4n) is 2.63. The number of hydrogen-bond acceptors (Lipinski definition) is 3. The maximum Gasteiger partial charge on any atom is 0.133 e. The highest BCUT2D eigenvalue weighted by atomic mass is 79.9. The first kappa shape index (κ1) is 13.7. The van der Waals surface area contributed by atoms with E-state index in [1.807, 2.05) is 6.07 Å². The van der Waals surface area contributed by atoms with E-state index in [9.17, 15) is 0 Å². The third kappa shape index (κ3) is 2.76. The lowest BCUT2D eigenvalue weighted by Gasteiger charge is -2.12. The molecule has 0 atom stereocenters. The molecule has 0 radical (unpaired) electrons. The van der Waals surface area contributed by atoms with Crippen molar-refractivity contribution in [3.8, 4) is 0 Å². The summed E-state index contributed by atoms with van der Waals surface area (Å²) < 4.78 is 1.10. The van der Waals surface area contributed by atoms with Crippen molar-refractivity contribution in [3.05, 3.63) is 57.1 Å². The first-order valence-electron chi connectivity index (χ1n) is 6.97. The van der Waals surface area contributed by atoms with E-state index < -0.39 is 0 Å². The molecule has 1 aromatic heterocycles. The Morgan fingerprint density at radius 2 is 2.10 bits per heavy atom. The van der Waals surface area contributed by atoms with Gasteiger partial charge in [-0.25, -0.2) is 9.97 Å². The van der Waals surface area contributed by atoms with Gasteiger partial charge in [0.2, 0.25) is 0 Å². The minimum absolute atomic E-state index is 0.438. The highest BCUT2D eigenvalue weighted by Gasteiger charge is 2.20. The van der Waals surface area contributed by atoms with Gasteiger partial charge in [-0.2, -0.15) is 0 Å². The van der Waals surface area contributed by atoms with E-state index >= 15 is 0 Å². The molecule has 0 amide bonds. The zero-order valence-corrected chi connectivity index (χ0v) is 13.4. The molecule has 0 unspecified atom stereocenters. The quantitative estimate of drug-likeness (QED) is 0.934. The van der Waals surface area contributed by atoms with Crippen LogP contribution < -0.4 is 5.32 Å². The van der Waals surface area contributed by atoms with Gasteiger partial charge in [-0.15, -0.1) is 0 Å². The Kier molecular flexibility index (Phi) is 3.85. The number of rotatable bonds is 3. The minimum Gasteiger partial charge on any atom is -0.307 e. The number of nitrogens with one attached hydrogen (secondary N) is 1. The first-order valence-corrected chi connectivity index (χ1v) is 7.76. The zero-order chi connectivity index (χ0) is 14.1. The molecule has 20 heavy (non-hydrogen) atoms. The number of benzene rings is 1. The lowest BCUT2D eigenvalue weighted by atomic mass is 10.0. The number of aromatic nitrogens is 2. The maximum atomic E-state index is 4.80. The van der Waals surface area contributed by atoms with Crippen LogP contribution in [0.2, 0.25) is 0 Å². The second kappa shape index (κ2) is 5.62. The van der Waals surface area contributed by atoms with Crippen molar-refractivity contribution in [2.75, 3.05) is 0 Å². The summed E-state index contributed by atoms with van der Waals surface area (Å²) in [6.45, 7) is 6.16. The molecule has 0 bridgehead atoms. The van der Waals surface area contributed by atoms with Gasteiger partial charge < -0.3 is 5.32 Å². The number of halogens is 1. The molecule has 0 spiro atoms. The Morgan fingerprint density at radius 1 is 1.25 bits per heavy atom. The lowest BCUT2D eigenvalue weighted by Crippen LogP contribution is -2.08. The molecule has 1 N–H and O–H groups in total. The van der Waals surface area contributed by atoms with E-state index in [1.54, 1.807) is 0 Å². The summed E-state index contributed by atoms with van der Waals surface area (Å²) >= 11 is 3.51. The Labute approximate surface area is 128 Å². The topological polar surface area (TPSA) is 37.8 Å². The summed E-state index contributed by atoms with van der Waals surface area (Å²) in [5.74, 6) is 1.36. The van der Waals surface area contributed by atoms with Crippen LogP contribution in [-0.2, 0) is 19.5 Å². The summed E-state index contributed by atoms with van der Waals surface area (Å²) in [6, 6.07) is 8.34. The van der Waals surface area contributed by atoms with Crippen molar-refractivity contribution in [1.29, 1.82) is 0 Å². The summed E-state index contributed by atoms with van der Waals surface area (Å²) in [7, 11) is 0. The average Bonchev–Trinajstić information content (AvgIpc) is 2.85. The van der Waals surface area contributed by atoms with Crippen LogP contribution in [0.5, 0.6) is 0 Å². The molecule has 0 fully saturated rings. The van der Waals surface area contributed by atoms with Gasteiger partial charge in [0.25, 0.3) is 0 Å². The van der Waals surface area contributed by atoms with Gasteiger partial charge in [0.15, 0.2) is 0 Å². The number of nitrogens with zero attached hydrogens (tertiary/aromatic N) is 2. The van der Waals surface area contributed by atoms with Crippen LogP contribution in [0, 0.1) is 0 Å². The van der Waals surface area contributed by atoms with Gasteiger partial charge in [0, 0.05) is 29.5 Å². The molecule has 1 aliphatic rings. The normalized spacial score (nSPS) is 13.8. The molecule has 3 rings (SSSR count). The maximum absolute atomic E-state index is 4.80. The van der Waals surface area contributed by atoms with Gasteiger partial charge in [0.1, 0.15) is 5.82 Å². The van der Waals surface area contributed by atoms with Crippen LogP contribution in [-0.4, -0.2) is 9.97 Å². The van der Waals surface area contributed by atoms with Crippen molar-refractivity contribution >= 4 is 15.9 Å². The molecule has 0 saturated carbocycles. The van der Waals surface area contributed by atoms with Crippen molar-refractivity contribution < 1.29 is 0 Å². The summed E-state index contributed by atoms with van der Waals surface area (Å²) in [4.78, 5) is 9.53. The Hall–Kier alpha value is -1.26.